The topological polar surface area (TPSA) is 67.2 Å². The Balaban J connectivity index is 1.88. The third-order valence-corrected chi connectivity index (χ3v) is 3.45. The summed E-state index contributed by atoms with van der Waals surface area (Å²) in [4.78, 5) is 12.9. The predicted molar refractivity (Wildman–Crippen MR) is 77.3 cm³/mol. The molecule has 0 atom stereocenters. The molecule has 0 aromatic carbocycles. The number of nitrogens with one attached hydrogen (secondary N) is 1. The second-order valence-corrected chi connectivity index (χ2v) is 5.16. The average molecular weight is 289 g/mol. The highest BCUT2D eigenvalue weighted by atomic mass is 32.1. The quantitative estimate of drug-likeness (QED) is 0.830. The molecule has 0 aliphatic rings. The van der Waals surface area contributed by atoms with E-state index < -0.39 is 0 Å². The number of hydrogen-bond acceptors (Lipinski definition) is 4. The van der Waals surface area contributed by atoms with Crippen LogP contribution in [0.15, 0.2) is 23.8 Å². The zero-order chi connectivity index (χ0) is 14.4. The molecule has 2 aromatic heterocycles. The third kappa shape index (κ3) is 3.95. The first-order valence-corrected chi connectivity index (χ1v) is 7.01. The van der Waals surface area contributed by atoms with Gasteiger partial charge in [0.05, 0.1) is 24.9 Å². The van der Waals surface area contributed by atoms with E-state index >= 15 is 0 Å². The monoisotopic (exact) mass is 289 g/mol. The highest BCUT2D eigenvalue weighted by Gasteiger charge is 2.07. The lowest BCUT2D eigenvalue weighted by atomic mass is 10.3. The first-order valence-electron chi connectivity index (χ1n) is 6.13. The lowest BCUT2D eigenvalue weighted by Gasteiger charge is -2.00. The van der Waals surface area contributed by atoms with Crippen molar-refractivity contribution in [1.29, 1.82) is 0 Å². The van der Waals surface area contributed by atoms with Gasteiger partial charge in [-0.2, -0.15) is 5.10 Å². The van der Waals surface area contributed by atoms with Gasteiger partial charge in [0.2, 0.25) is 0 Å². The van der Waals surface area contributed by atoms with Crippen LogP contribution in [0.3, 0.4) is 0 Å². The van der Waals surface area contributed by atoms with E-state index in [0.29, 0.717) is 18.5 Å². The van der Waals surface area contributed by atoms with Gasteiger partial charge in [0.1, 0.15) is 0 Å². The number of hydrogen-bond donors (Lipinski definition) is 2. The lowest BCUT2D eigenvalue weighted by molar-refractivity contribution is 0.0951. The van der Waals surface area contributed by atoms with Gasteiger partial charge in [0.25, 0.3) is 5.91 Å². The Kier molecular flexibility index (Phi) is 4.93. The number of aryl methyl sites for hydroxylation is 1. The van der Waals surface area contributed by atoms with Crippen LogP contribution in [0.1, 0.15) is 27.2 Å². The Morgan fingerprint density at radius 2 is 2.45 bits per heavy atom. The SMILES string of the molecule is Cn1cc(C(=O)NCc2cc(C#CCCO)cs2)cn1. The summed E-state index contributed by atoms with van der Waals surface area (Å²) in [5, 5.41) is 17.4. The van der Waals surface area contributed by atoms with Crippen molar-refractivity contribution < 1.29 is 9.90 Å². The van der Waals surface area contributed by atoms with E-state index in [9.17, 15) is 4.79 Å². The summed E-state index contributed by atoms with van der Waals surface area (Å²) < 4.78 is 1.59. The molecule has 104 valence electrons. The van der Waals surface area contributed by atoms with Crippen molar-refractivity contribution >= 4 is 17.2 Å². The Hall–Kier alpha value is -2.10. The van der Waals surface area contributed by atoms with Gasteiger partial charge in [-0.25, -0.2) is 0 Å². The molecule has 2 aromatic rings. The number of nitrogens with zero attached hydrogens (tertiary/aromatic N) is 2. The minimum Gasteiger partial charge on any atom is -0.395 e. The Bertz CT molecular complexity index is 649. The van der Waals surface area contributed by atoms with E-state index in [0.717, 1.165) is 10.4 Å². The molecule has 2 rings (SSSR count). The minimum atomic E-state index is -0.139. The van der Waals surface area contributed by atoms with Crippen molar-refractivity contribution in [2.24, 2.45) is 7.05 Å². The molecule has 2 N–H and O–H groups in total. The molecule has 0 spiro atoms. The van der Waals surface area contributed by atoms with E-state index in [1.54, 1.807) is 29.3 Å². The van der Waals surface area contributed by atoms with Crippen molar-refractivity contribution in [3.05, 3.63) is 39.8 Å². The number of aliphatic hydroxyl groups is 1. The molecule has 0 saturated carbocycles. The number of amides is 1. The van der Waals surface area contributed by atoms with Crippen LogP contribution in [0.2, 0.25) is 0 Å². The van der Waals surface area contributed by atoms with Crippen molar-refractivity contribution in [3.8, 4) is 11.8 Å². The number of rotatable bonds is 4. The Labute approximate surface area is 121 Å². The van der Waals surface area contributed by atoms with E-state index in [4.69, 9.17) is 5.11 Å². The van der Waals surface area contributed by atoms with Gasteiger partial charge < -0.3 is 10.4 Å². The van der Waals surface area contributed by atoms with E-state index in [1.165, 1.54) is 6.20 Å². The summed E-state index contributed by atoms with van der Waals surface area (Å²) in [6.45, 7) is 0.547. The maximum Gasteiger partial charge on any atom is 0.254 e. The van der Waals surface area contributed by atoms with Crippen LogP contribution < -0.4 is 5.32 Å². The van der Waals surface area contributed by atoms with Crippen LogP contribution in [-0.4, -0.2) is 27.4 Å². The van der Waals surface area contributed by atoms with Crippen molar-refractivity contribution in [1.82, 2.24) is 15.1 Å². The second kappa shape index (κ2) is 6.89. The van der Waals surface area contributed by atoms with Crippen LogP contribution >= 0.6 is 11.3 Å². The maximum atomic E-state index is 11.8. The highest BCUT2D eigenvalue weighted by Crippen LogP contribution is 2.13. The molecule has 0 bridgehead atoms. The number of carbonyl (C=O) groups is 1. The molecule has 5 nitrogen and oxygen atoms in total. The molecule has 0 saturated heterocycles. The van der Waals surface area contributed by atoms with Gasteiger partial charge in [-0.15, -0.1) is 11.3 Å². The average Bonchev–Trinajstić information content (AvgIpc) is 3.05. The molecule has 0 aliphatic carbocycles. The summed E-state index contributed by atoms with van der Waals surface area (Å²) in [6.07, 6.45) is 3.69. The van der Waals surface area contributed by atoms with Crippen LogP contribution in [0.4, 0.5) is 0 Å². The van der Waals surface area contributed by atoms with Crippen LogP contribution in [0.5, 0.6) is 0 Å². The molecule has 2 heterocycles. The number of thiophene rings is 1. The largest absolute Gasteiger partial charge is 0.395 e. The van der Waals surface area contributed by atoms with Gasteiger partial charge in [0.15, 0.2) is 0 Å². The van der Waals surface area contributed by atoms with E-state index in [2.05, 4.69) is 22.3 Å². The summed E-state index contributed by atoms with van der Waals surface area (Å²) in [7, 11) is 1.77. The van der Waals surface area contributed by atoms with Gasteiger partial charge in [-0.3, -0.25) is 9.48 Å². The molecule has 0 unspecified atom stereocenters. The molecule has 0 fully saturated rings. The molecule has 6 heteroatoms. The minimum absolute atomic E-state index is 0.0746. The fraction of sp³-hybridized carbons (Fsp3) is 0.286. The summed E-state index contributed by atoms with van der Waals surface area (Å²) in [5.74, 6) is 5.69. The van der Waals surface area contributed by atoms with Crippen molar-refractivity contribution in [2.45, 2.75) is 13.0 Å². The van der Waals surface area contributed by atoms with Gasteiger partial charge in [0, 0.05) is 35.5 Å². The predicted octanol–water partition coefficient (Wildman–Crippen LogP) is 1.15. The zero-order valence-electron chi connectivity index (χ0n) is 11.1. The standard InChI is InChI=1S/C14H15N3O2S/c1-17-9-12(7-16-17)14(19)15-8-13-6-11(10-20-13)4-2-3-5-18/h6-7,9-10,18H,3,5,8H2,1H3,(H,15,19). The van der Waals surface area contributed by atoms with Crippen LogP contribution in [0, 0.1) is 11.8 Å². The van der Waals surface area contributed by atoms with E-state index in [-0.39, 0.29) is 12.5 Å². The molecule has 0 radical (unpaired) electrons. The van der Waals surface area contributed by atoms with Gasteiger partial charge in [-0.1, -0.05) is 11.8 Å². The van der Waals surface area contributed by atoms with E-state index in [1.807, 2.05) is 11.4 Å². The maximum absolute atomic E-state index is 11.8. The molecule has 0 aliphatic heterocycles. The van der Waals surface area contributed by atoms with Gasteiger partial charge >= 0.3 is 0 Å². The Morgan fingerprint density at radius 1 is 1.60 bits per heavy atom. The number of aromatic nitrogens is 2. The van der Waals surface area contributed by atoms with Gasteiger partial charge in [-0.05, 0) is 6.07 Å². The first kappa shape index (κ1) is 14.3. The zero-order valence-corrected chi connectivity index (χ0v) is 11.9. The fourth-order valence-electron chi connectivity index (χ4n) is 1.57. The molecular weight excluding hydrogens is 274 g/mol. The second-order valence-electron chi connectivity index (χ2n) is 4.16. The van der Waals surface area contributed by atoms with Crippen molar-refractivity contribution in [3.63, 3.8) is 0 Å². The summed E-state index contributed by atoms with van der Waals surface area (Å²) in [6, 6.07) is 1.94. The Morgan fingerprint density at radius 3 is 3.15 bits per heavy atom. The number of aliphatic hydroxyl groups excluding tert-OH is 1. The normalized spacial score (nSPS) is 9.90. The highest BCUT2D eigenvalue weighted by molar-refractivity contribution is 7.10. The first-order chi connectivity index (χ1) is 9.69. The molecule has 1 amide bonds. The molecule has 20 heavy (non-hydrogen) atoms. The van der Waals surface area contributed by atoms with Crippen LogP contribution in [-0.2, 0) is 13.6 Å². The van der Waals surface area contributed by atoms with Crippen LogP contribution in [0.25, 0.3) is 0 Å². The van der Waals surface area contributed by atoms with Crippen molar-refractivity contribution in [2.75, 3.05) is 6.61 Å². The fourth-order valence-corrected chi connectivity index (χ4v) is 2.32. The smallest absolute Gasteiger partial charge is 0.254 e. The lowest BCUT2D eigenvalue weighted by Crippen LogP contribution is -2.21. The summed E-state index contributed by atoms with van der Waals surface area (Å²) >= 11 is 1.55. The summed E-state index contributed by atoms with van der Waals surface area (Å²) in [5.41, 5.74) is 1.46. The third-order valence-electron chi connectivity index (χ3n) is 2.51. The number of carbonyl (C=O) groups excluding carboxylic acids is 1. The molecular formula is C14H15N3O2S.